The Labute approximate surface area is 81.0 Å². The lowest BCUT2D eigenvalue weighted by molar-refractivity contribution is 0.103. The van der Waals surface area contributed by atoms with Gasteiger partial charge in [0, 0.05) is 5.56 Å². The fourth-order valence-electron chi connectivity index (χ4n) is 1.17. The zero-order valence-electron chi connectivity index (χ0n) is 7.69. The molecule has 0 spiro atoms. The number of nitrogens with one attached hydrogen (secondary N) is 1. The van der Waals surface area contributed by atoms with Gasteiger partial charge in [0.15, 0.2) is 5.69 Å². The highest BCUT2D eigenvalue weighted by atomic mass is 16.1. The number of aromatic amines is 1. The predicted molar refractivity (Wildman–Crippen MR) is 51.0 cm³/mol. The summed E-state index contributed by atoms with van der Waals surface area (Å²) >= 11 is 0. The maximum Gasteiger partial charge on any atom is 0.214 e. The molecule has 2 rings (SSSR count). The maximum atomic E-state index is 11.7. The fourth-order valence-corrected chi connectivity index (χ4v) is 1.17. The average molecular weight is 187 g/mol. The standard InChI is InChI=1S/C10H9N3O/c1-7-2-4-8(5-3-7)10(14)9-6-11-13-12-9/h2-6H,1H3,(H,11,12,13). The van der Waals surface area contributed by atoms with Crippen LogP contribution in [0.5, 0.6) is 0 Å². The van der Waals surface area contributed by atoms with Crippen LogP contribution in [0.25, 0.3) is 0 Å². The molecule has 0 atom stereocenters. The van der Waals surface area contributed by atoms with Gasteiger partial charge in [-0.05, 0) is 6.92 Å². The zero-order valence-corrected chi connectivity index (χ0v) is 7.69. The van der Waals surface area contributed by atoms with Gasteiger partial charge in [-0.1, -0.05) is 35.0 Å². The predicted octanol–water partition coefficient (Wildman–Crippen LogP) is 1.34. The van der Waals surface area contributed by atoms with Crippen LogP contribution in [0, 0.1) is 6.92 Å². The van der Waals surface area contributed by atoms with Crippen LogP contribution in [0.15, 0.2) is 30.5 Å². The van der Waals surface area contributed by atoms with Crippen LogP contribution >= 0.6 is 0 Å². The molecule has 0 aliphatic carbocycles. The molecule has 14 heavy (non-hydrogen) atoms. The van der Waals surface area contributed by atoms with Gasteiger partial charge in [-0.2, -0.15) is 0 Å². The molecule has 0 aliphatic rings. The molecule has 0 radical (unpaired) electrons. The highest BCUT2D eigenvalue weighted by Crippen LogP contribution is 2.07. The van der Waals surface area contributed by atoms with Gasteiger partial charge in [-0.3, -0.25) is 9.89 Å². The molecule has 0 unspecified atom stereocenters. The first-order valence-corrected chi connectivity index (χ1v) is 4.25. The summed E-state index contributed by atoms with van der Waals surface area (Å²) in [6.07, 6.45) is 1.49. The van der Waals surface area contributed by atoms with Crippen LogP contribution in [-0.4, -0.2) is 21.2 Å². The Balaban J connectivity index is 2.33. The second-order valence-electron chi connectivity index (χ2n) is 3.05. The van der Waals surface area contributed by atoms with Gasteiger partial charge in [0.1, 0.15) is 0 Å². The average Bonchev–Trinajstić information content (AvgIpc) is 2.71. The number of benzene rings is 1. The van der Waals surface area contributed by atoms with Crippen molar-refractivity contribution in [3.05, 3.63) is 47.3 Å². The van der Waals surface area contributed by atoms with Crippen molar-refractivity contribution < 1.29 is 4.79 Å². The number of carbonyl (C=O) groups excluding carboxylic acids is 1. The first kappa shape index (κ1) is 8.62. The number of ketones is 1. The minimum absolute atomic E-state index is 0.112. The van der Waals surface area contributed by atoms with E-state index in [1.54, 1.807) is 12.1 Å². The van der Waals surface area contributed by atoms with Crippen molar-refractivity contribution in [3.63, 3.8) is 0 Å². The van der Waals surface area contributed by atoms with E-state index in [1.165, 1.54) is 6.20 Å². The number of aromatic nitrogens is 3. The summed E-state index contributed by atoms with van der Waals surface area (Å²) in [5.41, 5.74) is 2.10. The van der Waals surface area contributed by atoms with E-state index in [0.717, 1.165) is 5.56 Å². The molecule has 0 saturated carbocycles. The lowest BCUT2D eigenvalue weighted by Crippen LogP contribution is -2.01. The molecule has 1 aromatic heterocycles. The van der Waals surface area contributed by atoms with Gasteiger partial charge in [0.25, 0.3) is 0 Å². The molecule has 2 aromatic rings. The summed E-state index contributed by atoms with van der Waals surface area (Å²) in [7, 11) is 0. The van der Waals surface area contributed by atoms with Crippen LogP contribution in [0.2, 0.25) is 0 Å². The van der Waals surface area contributed by atoms with Crippen LogP contribution in [0.1, 0.15) is 21.6 Å². The lowest BCUT2D eigenvalue weighted by Gasteiger charge is -1.96. The number of hydrogen-bond acceptors (Lipinski definition) is 3. The molecule has 0 saturated heterocycles. The molecule has 0 fully saturated rings. The monoisotopic (exact) mass is 187 g/mol. The van der Waals surface area contributed by atoms with E-state index in [2.05, 4.69) is 15.4 Å². The van der Waals surface area contributed by atoms with Crippen molar-refractivity contribution in [3.8, 4) is 0 Å². The van der Waals surface area contributed by atoms with Crippen LogP contribution in [-0.2, 0) is 0 Å². The molecule has 1 heterocycles. The Morgan fingerprint density at radius 2 is 2.00 bits per heavy atom. The summed E-state index contributed by atoms with van der Waals surface area (Å²) in [6, 6.07) is 7.36. The Bertz CT molecular complexity index is 431. The second kappa shape index (κ2) is 3.41. The first-order chi connectivity index (χ1) is 6.77. The quantitative estimate of drug-likeness (QED) is 0.722. The molecule has 4 heteroatoms. The van der Waals surface area contributed by atoms with Crippen LogP contribution in [0.3, 0.4) is 0 Å². The molecule has 4 nitrogen and oxygen atoms in total. The summed E-state index contributed by atoms with van der Waals surface area (Å²) in [6.45, 7) is 1.98. The Morgan fingerprint density at radius 1 is 1.29 bits per heavy atom. The van der Waals surface area contributed by atoms with Gasteiger partial charge in [-0.25, -0.2) is 0 Å². The second-order valence-corrected chi connectivity index (χ2v) is 3.05. The normalized spacial score (nSPS) is 10.1. The minimum Gasteiger partial charge on any atom is -0.287 e. The van der Waals surface area contributed by atoms with Crippen LogP contribution in [0.4, 0.5) is 0 Å². The van der Waals surface area contributed by atoms with E-state index in [4.69, 9.17) is 0 Å². The number of carbonyl (C=O) groups is 1. The highest BCUT2D eigenvalue weighted by Gasteiger charge is 2.10. The van der Waals surface area contributed by atoms with E-state index in [-0.39, 0.29) is 5.78 Å². The SMILES string of the molecule is Cc1ccc(C(=O)c2c[nH]nn2)cc1. The highest BCUT2D eigenvalue weighted by molar-refractivity contribution is 6.07. The summed E-state index contributed by atoms with van der Waals surface area (Å²) < 4.78 is 0. The molecule has 0 amide bonds. The van der Waals surface area contributed by atoms with Crippen molar-refractivity contribution in [2.24, 2.45) is 0 Å². The van der Waals surface area contributed by atoms with E-state index in [9.17, 15) is 4.79 Å². The summed E-state index contributed by atoms with van der Waals surface area (Å²) in [5.74, 6) is -0.112. The number of aryl methyl sites for hydroxylation is 1. The lowest BCUT2D eigenvalue weighted by atomic mass is 10.1. The van der Waals surface area contributed by atoms with Gasteiger partial charge in [-0.15, -0.1) is 5.10 Å². The van der Waals surface area contributed by atoms with E-state index in [0.29, 0.717) is 11.3 Å². The molecule has 1 aromatic carbocycles. The molecule has 0 aliphatic heterocycles. The number of hydrogen-bond donors (Lipinski definition) is 1. The van der Waals surface area contributed by atoms with E-state index < -0.39 is 0 Å². The third kappa shape index (κ3) is 1.54. The molecule has 1 N–H and O–H groups in total. The summed E-state index contributed by atoms with van der Waals surface area (Å²) in [5, 5.41) is 9.66. The number of nitrogens with zero attached hydrogens (tertiary/aromatic N) is 2. The Morgan fingerprint density at radius 3 is 2.57 bits per heavy atom. The third-order valence-electron chi connectivity index (χ3n) is 1.96. The van der Waals surface area contributed by atoms with Gasteiger partial charge in [0.2, 0.25) is 5.78 Å². The van der Waals surface area contributed by atoms with Crippen molar-refractivity contribution in [1.29, 1.82) is 0 Å². The van der Waals surface area contributed by atoms with Crippen molar-refractivity contribution in [2.75, 3.05) is 0 Å². The molecular formula is C10H9N3O. The number of H-pyrrole nitrogens is 1. The smallest absolute Gasteiger partial charge is 0.214 e. The number of rotatable bonds is 2. The Kier molecular flexibility index (Phi) is 2.10. The molecular weight excluding hydrogens is 178 g/mol. The Hall–Kier alpha value is -1.97. The van der Waals surface area contributed by atoms with Gasteiger partial charge < -0.3 is 0 Å². The summed E-state index contributed by atoms with van der Waals surface area (Å²) in [4.78, 5) is 11.7. The fraction of sp³-hybridized carbons (Fsp3) is 0.100. The third-order valence-corrected chi connectivity index (χ3v) is 1.96. The van der Waals surface area contributed by atoms with E-state index >= 15 is 0 Å². The zero-order chi connectivity index (χ0) is 9.97. The largest absolute Gasteiger partial charge is 0.287 e. The van der Waals surface area contributed by atoms with Gasteiger partial charge >= 0.3 is 0 Å². The topological polar surface area (TPSA) is 58.6 Å². The first-order valence-electron chi connectivity index (χ1n) is 4.25. The van der Waals surface area contributed by atoms with Crippen molar-refractivity contribution in [2.45, 2.75) is 6.92 Å². The molecule has 70 valence electrons. The van der Waals surface area contributed by atoms with Crippen LogP contribution < -0.4 is 0 Å². The maximum absolute atomic E-state index is 11.7. The minimum atomic E-state index is -0.112. The van der Waals surface area contributed by atoms with Crippen molar-refractivity contribution in [1.82, 2.24) is 15.4 Å². The van der Waals surface area contributed by atoms with E-state index in [1.807, 2.05) is 19.1 Å². The molecule has 0 bridgehead atoms. The van der Waals surface area contributed by atoms with Gasteiger partial charge in [0.05, 0.1) is 6.20 Å². The van der Waals surface area contributed by atoms with Crippen molar-refractivity contribution >= 4 is 5.78 Å².